The van der Waals surface area contributed by atoms with Crippen LogP contribution in [0.5, 0.6) is 0 Å². The van der Waals surface area contributed by atoms with Gasteiger partial charge in [-0.05, 0) is 12.8 Å². The second kappa shape index (κ2) is 7.61. The van der Waals surface area contributed by atoms with E-state index in [-0.39, 0.29) is 0 Å². The van der Waals surface area contributed by atoms with Gasteiger partial charge in [0, 0.05) is 40.3 Å². The Kier molecular flexibility index (Phi) is 6.02. The minimum Gasteiger partial charge on any atom is -0.358 e. The van der Waals surface area contributed by atoms with Crippen LogP contribution in [0.4, 0.5) is 26.3 Å². The number of carbonyl (C=O) groups excluding carboxylic acids is 4. The van der Waals surface area contributed by atoms with Crippen LogP contribution in [-0.2, 0) is 19.2 Å². The summed E-state index contributed by atoms with van der Waals surface area (Å²) in [5, 5.41) is 3.77. The molecule has 0 bridgehead atoms. The average molecular weight is 446 g/mol. The van der Waals surface area contributed by atoms with E-state index in [0.29, 0.717) is 9.80 Å². The Morgan fingerprint density at radius 1 is 0.700 bits per heavy atom. The van der Waals surface area contributed by atoms with E-state index in [2.05, 4.69) is 0 Å². The fourth-order valence-corrected chi connectivity index (χ4v) is 3.81. The molecular formula is C16H20F6N4O4. The number of amides is 4. The van der Waals surface area contributed by atoms with E-state index in [9.17, 15) is 45.5 Å². The SMILES string of the molecule is CNC(=O)C1(C(F)(F)F)CCN(C(=O)C(=O)N2CCC(C(=O)NC)(C(F)(F)F)C2)C1. The van der Waals surface area contributed by atoms with Crippen molar-refractivity contribution in [2.45, 2.75) is 25.2 Å². The van der Waals surface area contributed by atoms with Crippen LogP contribution in [0.15, 0.2) is 0 Å². The van der Waals surface area contributed by atoms with E-state index in [1.165, 1.54) is 0 Å². The van der Waals surface area contributed by atoms with Gasteiger partial charge in [-0.15, -0.1) is 0 Å². The molecule has 0 aromatic rings. The van der Waals surface area contributed by atoms with Crippen molar-refractivity contribution >= 4 is 23.6 Å². The van der Waals surface area contributed by atoms with E-state index >= 15 is 0 Å². The van der Waals surface area contributed by atoms with Gasteiger partial charge in [0.1, 0.15) is 0 Å². The van der Waals surface area contributed by atoms with E-state index in [0.717, 1.165) is 14.1 Å². The zero-order valence-electron chi connectivity index (χ0n) is 16.0. The molecule has 0 aliphatic carbocycles. The molecule has 2 aliphatic rings. The maximum atomic E-state index is 13.5. The molecule has 2 N–H and O–H groups in total. The Morgan fingerprint density at radius 2 is 1.00 bits per heavy atom. The smallest absolute Gasteiger partial charge is 0.358 e. The number of rotatable bonds is 2. The molecule has 2 heterocycles. The summed E-state index contributed by atoms with van der Waals surface area (Å²) in [5.74, 6) is -5.68. The highest BCUT2D eigenvalue weighted by Gasteiger charge is 2.65. The molecule has 170 valence electrons. The third-order valence-corrected chi connectivity index (χ3v) is 5.70. The number of halogens is 6. The Morgan fingerprint density at radius 3 is 1.23 bits per heavy atom. The monoisotopic (exact) mass is 446 g/mol. The number of carbonyl (C=O) groups is 4. The van der Waals surface area contributed by atoms with Crippen LogP contribution in [0.3, 0.4) is 0 Å². The molecule has 0 aromatic carbocycles. The molecule has 0 spiro atoms. The van der Waals surface area contributed by atoms with E-state index < -0.39 is 85.8 Å². The quantitative estimate of drug-likeness (QED) is 0.462. The lowest BCUT2D eigenvalue weighted by atomic mass is 9.85. The Balaban J connectivity index is 2.20. The van der Waals surface area contributed by atoms with E-state index in [4.69, 9.17) is 0 Å². The molecule has 30 heavy (non-hydrogen) atoms. The third-order valence-electron chi connectivity index (χ3n) is 5.70. The van der Waals surface area contributed by atoms with Gasteiger partial charge in [0.15, 0.2) is 10.8 Å². The molecule has 2 atom stereocenters. The van der Waals surface area contributed by atoms with Gasteiger partial charge in [-0.1, -0.05) is 0 Å². The largest absolute Gasteiger partial charge is 0.404 e. The molecule has 0 aromatic heterocycles. The van der Waals surface area contributed by atoms with E-state index in [1.54, 1.807) is 0 Å². The van der Waals surface area contributed by atoms with Crippen molar-refractivity contribution in [3.8, 4) is 0 Å². The highest BCUT2D eigenvalue weighted by molar-refractivity contribution is 6.35. The normalized spacial score (nSPS) is 27.2. The summed E-state index contributed by atoms with van der Waals surface area (Å²) in [6.07, 6.45) is -11.6. The van der Waals surface area contributed by atoms with E-state index in [1.807, 2.05) is 10.6 Å². The van der Waals surface area contributed by atoms with Gasteiger partial charge in [0.2, 0.25) is 11.8 Å². The molecule has 2 unspecified atom stereocenters. The lowest BCUT2D eigenvalue weighted by molar-refractivity contribution is -0.219. The van der Waals surface area contributed by atoms with Crippen LogP contribution in [-0.4, -0.2) is 86.1 Å². The molecule has 2 aliphatic heterocycles. The summed E-state index contributed by atoms with van der Waals surface area (Å²) >= 11 is 0. The molecule has 8 nitrogen and oxygen atoms in total. The molecule has 2 fully saturated rings. The number of hydrogen-bond acceptors (Lipinski definition) is 4. The molecule has 0 saturated carbocycles. The maximum Gasteiger partial charge on any atom is 0.404 e. The lowest BCUT2D eigenvalue weighted by Crippen LogP contribution is -2.54. The number of alkyl halides is 6. The summed E-state index contributed by atoms with van der Waals surface area (Å²) in [6, 6.07) is 0. The van der Waals surface area contributed by atoms with Gasteiger partial charge in [-0.3, -0.25) is 19.2 Å². The van der Waals surface area contributed by atoms with Gasteiger partial charge in [-0.2, -0.15) is 26.3 Å². The highest BCUT2D eigenvalue weighted by Crippen LogP contribution is 2.47. The summed E-state index contributed by atoms with van der Waals surface area (Å²) in [6.45, 7) is -3.42. The molecular weight excluding hydrogens is 426 g/mol. The topological polar surface area (TPSA) is 98.8 Å². The first-order chi connectivity index (χ1) is 13.7. The molecule has 14 heteroatoms. The van der Waals surface area contributed by atoms with Gasteiger partial charge >= 0.3 is 24.2 Å². The fraction of sp³-hybridized carbons (Fsp3) is 0.750. The second-order valence-electron chi connectivity index (χ2n) is 7.27. The Hall–Kier alpha value is -2.54. The predicted molar refractivity (Wildman–Crippen MR) is 87.5 cm³/mol. The van der Waals surface area contributed by atoms with Crippen molar-refractivity contribution in [1.82, 2.24) is 20.4 Å². The van der Waals surface area contributed by atoms with Gasteiger partial charge in [0.25, 0.3) is 0 Å². The fourth-order valence-electron chi connectivity index (χ4n) is 3.81. The third kappa shape index (κ3) is 3.55. The van der Waals surface area contributed by atoms with Crippen LogP contribution in [0, 0.1) is 10.8 Å². The van der Waals surface area contributed by atoms with Gasteiger partial charge in [-0.25, -0.2) is 0 Å². The van der Waals surface area contributed by atoms with Gasteiger partial charge in [0.05, 0.1) is 0 Å². The first-order valence-corrected chi connectivity index (χ1v) is 8.83. The Bertz CT molecular complexity index is 693. The minimum absolute atomic E-state index is 0.499. The highest BCUT2D eigenvalue weighted by atomic mass is 19.4. The number of likely N-dealkylation sites (tertiary alicyclic amines) is 2. The summed E-state index contributed by atoms with van der Waals surface area (Å²) in [5.41, 5.74) is -5.83. The number of nitrogens with one attached hydrogen (secondary N) is 2. The van der Waals surface area contributed by atoms with Crippen molar-refractivity contribution < 1.29 is 45.5 Å². The van der Waals surface area contributed by atoms with Crippen molar-refractivity contribution in [1.29, 1.82) is 0 Å². The summed E-state index contributed by atoms with van der Waals surface area (Å²) in [4.78, 5) is 49.5. The molecule has 0 radical (unpaired) electrons. The number of hydrogen-bond donors (Lipinski definition) is 2. The molecule has 2 saturated heterocycles. The predicted octanol–water partition coefficient (Wildman–Crippen LogP) is 0.0404. The molecule has 2 rings (SSSR count). The van der Waals surface area contributed by atoms with Crippen molar-refractivity contribution in [3.05, 3.63) is 0 Å². The standard InChI is InChI=1S/C16H20F6N4O4/c1-23-11(29)13(15(17,18)19)3-5-25(7-13)9(27)10(28)26-6-4-14(8-26,12(30)24-2)16(20,21)22/h3-8H2,1-2H3,(H,23,29)(H,24,30). The van der Waals surface area contributed by atoms with Crippen molar-refractivity contribution in [2.24, 2.45) is 10.8 Å². The van der Waals surface area contributed by atoms with Crippen LogP contribution < -0.4 is 10.6 Å². The van der Waals surface area contributed by atoms with Gasteiger partial charge < -0.3 is 20.4 Å². The Labute approximate surface area is 166 Å². The summed E-state index contributed by atoms with van der Waals surface area (Å²) in [7, 11) is 1.98. The van der Waals surface area contributed by atoms with Crippen molar-refractivity contribution in [2.75, 3.05) is 40.3 Å². The second-order valence-corrected chi connectivity index (χ2v) is 7.27. The lowest BCUT2D eigenvalue weighted by Gasteiger charge is -2.30. The number of nitrogens with zero attached hydrogens (tertiary/aromatic N) is 2. The first-order valence-electron chi connectivity index (χ1n) is 8.83. The summed E-state index contributed by atoms with van der Waals surface area (Å²) < 4.78 is 80.9. The van der Waals surface area contributed by atoms with Crippen molar-refractivity contribution in [3.63, 3.8) is 0 Å². The molecule has 4 amide bonds. The van der Waals surface area contributed by atoms with Crippen LogP contribution in [0.1, 0.15) is 12.8 Å². The first kappa shape index (κ1) is 23.7. The zero-order valence-corrected chi connectivity index (χ0v) is 16.0. The van der Waals surface area contributed by atoms with Crippen LogP contribution >= 0.6 is 0 Å². The maximum absolute atomic E-state index is 13.5. The minimum atomic E-state index is -5.01. The van der Waals surface area contributed by atoms with Crippen LogP contribution in [0.25, 0.3) is 0 Å². The zero-order chi connectivity index (χ0) is 23.1. The van der Waals surface area contributed by atoms with Crippen LogP contribution in [0.2, 0.25) is 0 Å². The average Bonchev–Trinajstić information content (AvgIpc) is 3.31.